The third-order valence-corrected chi connectivity index (χ3v) is 4.05. The maximum Gasteiger partial charge on any atom is 0.379 e. The van der Waals surface area contributed by atoms with E-state index in [-0.39, 0.29) is 22.8 Å². The number of benzene rings is 3. The largest absolute Gasteiger partial charge is 0.457 e. The lowest BCUT2D eigenvalue weighted by molar-refractivity contribution is 0.0703. The summed E-state index contributed by atoms with van der Waals surface area (Å²) in [6.07, 6.45) is 1.36. The van der Waals surface area contributed by atoms with Crippen molar-refractivity contribution in [3.63, 3.8) is 0 Å². The van der Waals surface area contributed by atoms with E-state index in [2.05, 4.69) is 0 Å². The summed E-state index contributed by atoms with van der Waals surface area (Å²) in [5.74, 6) is -1.84. The van der Waals surface area contributed by atoms with Gasteiger partial charge >= 0.3 is 11.9 Å². The molecule has 0 amide bonds. The molecule has 0 spiro atoms. The Hall–Kier alpha value is -3.93. The fourth-order valence-electron chi connectivity index (χ4n) is 2.77. The van der Waals surface area contributed by atoms with Crippen LogP contribution in [0.4, 0.5) is 4.39 Å². The van der Waals surface area contributed by atoms with Crippen LogP contribution in [0.2, 0.25) is 0 Å². The van der Waals surface area contributed by atoms with Crippen LogP contribution in [0.15, 0.2) is 83.5 Å². The van der Waals surface area contributed by atoms with Crippen molar-refractivity contribution >= 4 is 22.7 Å². The highest BCUT2D eigenvalue weighted by molar-refractivity contribution is 6.00. The van der Waals surface area contributed by atoms with E-state index in [1.807, 2.05) is 0 Å². The molecule has 138 valence electrons. The Kier molecular flexibility index (Phi) is 4.60. The number of halogens is 1. The van der Waals surface area contributed by atoms with Gasteiger partial charge < -0.3 is 13.9 Å². The molecule has 0 aliphatic heterocycles. The zero-order valence-corrected chi connectivity index (χ0v) is 14.4. The minimum absolute atomic E-state index is 0.0397. The summed E-state index contributed by atoms with van der Waals surface area (Å²) in [6, 6.07) is 18.6. The quantitative estimate of drug-likeness (QED) is 0.370. The number of carbonyl (C=O) groups is 2. The van der Waals surface area contributed by atoms with Crippen molar-refractivity contribution in [2.75, 3.05) is 0 Å². The van der Waals surface area contributed by atoms with Crippen LogP contribution in [0.25, 0.3) is 10.8 Å². The average molecular weight is 376 g/mol. The zero-order valence-electron chi connectivity index (χ0n) is 14.4. The second kappa shape index (κ2) is 7.36. The van der Waals surface area contributed by atoms with Crippen molar-refractivity contribution in [2.45, 2.75) is 0 Å². The van der Waals surface area contributed by atoms with Crippen molar-refractivity contribution in [3.05, 3.63) is 96.2 Å². The van der Waals surface area contributed by atoms with E-state index in [0.717, 1.165) is 0 Å². The third-order valence-electron chi connectivity index (χ3n) is 4.05. The normalized spacial score (nSPS) is 10.6. The summed E-state index contributed by atoms with van der Waals surface area (Å²) in [6.45, 7) is 0. The van der Waals surface area contributed by atoms with Gasteiger partial charge in [-0.25, -0.2) is 14.0 Å². The van der Waals surface area contributed by atoms with E-state index in [9.17, 15) is 14.0 Å². The summed E-state index contributed by atoms with van der Waals surface area (Å²) >= 11 is 0. The van der Waals surface area contributed by atoms with Gasteiger partial charge in [-0.05, 0) is 41.8 Å². The maximum absolute atomic E-state index is 13.9. The summed E-state index contributed by atoms with van der Waals surface area (Å²) < 4.78 is 29.8. The topological polar surface area (TPSA) is 65.7 Å². The Morgan fingerprint density at radius 2 is 1.43 bits per heavy atom. The number of hydrogen-bond donors (Lipinski definition) is 0. The molecule has 0 N–H and O–H groups in total. The van der Waals surface area contributed by atoms with Crippen LogP contribution in [0.3, 0.4) is 0 Å². The summed E-state index contributed by atoms with van der Waals surface area (Å²) in [5.41, 5.74) is -0.190. The van der Waals surface area contributed by atoms with E-state index in [4.69, 9.17) is 13.9 Å². The molecule has 3 aromatic carbocycles. The Bertz CT molecular complexity index is 1160. The number of esters is 2. The van der Waals surface area contributed by atoms with E-state index in [1.54, 1.807) is 48.5 Å². The Balaban J connectivity index is 1.72. The van der Waals surface area contributed by atoms with E-state index < -0.39 is 17.8 Å². The molecule has 0 aliphatic carbocycles. The molecule has 4 aromatic rings. The molecule has 0 aliphatic rings. The second-order valence-corrected chi connectivity index (χ2v) is 5.85. The highest BCUT2D eigenvalue weighted by Gasteiger charge is 2.19. The first-order valence-corrected chi connectivity index (χ1v) is 8.37. The molecule has 0 unspecified atom stereocenters. The maximum atomic E-state index is 13.9. The minimum atomic E-state index is -0.849. The van der Waals surface area contributed by atoms with Gasteiger partial charge in [-0.2, -0.15) is 0 Å². The fraction of sp³-hybridized carbons (Fsp3) is 0. The van der Waals surface area contributed by atoms with Gasteiger partial charge in [0.1, 0.15) is 17.3 Å². The molecule has 0 saturated carbocycles. The van der Waals surface area contributed by atoms with Gasteiger partial charge in [0.25, 0.3) is 0 Å². The lowest BCUT2D eigenvalue weighted by atomic mass is 10.1. The molecule has 6 heteroatoms. The van der Waals surface area contributed by atoms with Crippen LogP contribution >= 0.6 is 0 Å². The number of ether oxygens (including phenoxy) is 2. The number of rotatable bonds is 4. The first-order valence-electron chi connectivity index (χ1n) is 8.37. The number of carbonyl (C=O) groups excluding carboxylic acids is 2. The van der Waals surface area contributed by atoms with E-state index in [0.29, 0.717) is 10.8 Å². The average Bonchev–Trinajstić information content (AvgIpc) is 3.23. The molecule has 5 nitrogen and oxygen atoms in total. The lowest BCUT2D eigenvalue weighted by Crippen LogP contribution is -2.11. The first-order chi connectivity index (χ1) is 13.6. The molecule has 0 atom stereocenters. The Labute approximate surface area is 158 Å². The molecule has 0 radical (unpaired) electrons. The molecule has 0 saturated heterocycles. The van der Waals surface area contributed by atoms with Crippen LogP contribution in [0.5, 0.6) is 11.5 Å². The summed E-state index contributed by atoms with van der Waals surface area (Å²) in [7, 11) is 0. The van der Waals surface area contributed by atoms with Gasteiger partial charge in [-0.15, -0.1) is 0 Å². The molecule has 0 fully saturated rings. The molecular formula is C22H13FO5. The van der Waals surface area contributed by atoms with Crippen molar-refractivity contribution in [1.82, 2.24) is 0 Å². The van der Waals surface area contributed by atoms with E-state index >= 15 is 0 Å². The van der Waals surface area contributed by atoms with Crippen LogP contribution < -0.4 is 9.47 Å². The smallest absolute Gasteiger partial charge is 0.379 e. The predicted molar refractivity (Wildman–Crippen MR) is 99.0 cm³/mol. The summed E-state index contributed by atoms with van der Waals surface area (Å²) in [5, 5.41) is 1.10. The number of furan rings is 1. The molecule has 0 bridgehead atoms. The number of hydrogen-bond acceptors (Lipinski definition) is 5. The summed E-state index contributed by atoms with van der Waals surface area (Å²) in [4.78, 5) is 24.7. The molecule has 1 aromatic heterocycles. The molecule has 1 heterocycles. The Morgan fingerprint density at radius 1 is 0.750 bits per heavy atom. The van der Waals surface area contributed by atoms with Crippen LogP contribution in [-0.2, 0) is 0 Å². The zero-order chi connectivity index (χ0) is 19.5. The predicted octanol–water partition coefficient (Wildman–Crippen LogP) is 5.01. The van der Waals surface area contributed by atoms with Crippen molar-refractivity contribution < 1.29 is 27.9 Å². The Morgan fingerprint density at radius 3 is 2.07 bits per heavy atom. The SMILES string of the molecule is O=C(Oc1cccc2cccc(OC(=O)c3ccccc3F)c12)c1ccco1. The van der Waals surface area contributed by atoms with Gasteiger partial charge in [0, 0.05) is 0 Å². The van der Waals surface area contributed by atoms with Crippen molar-refractivity contribution in [2.24, 2.45) is 0 Å². The van der Waals surface area contributed by atoms with E-state index in [1.165, 1.54) is 30.5 Å². The highest BCUT2D eigenvalue weighted by Crippen LogP contribution is 2.35. The van der Waals surface area contributed by atoms with Crippen LogP contribution in [0, 0.1) is 5.82 Å². The molecule has 28 heavy (non-hydrogen) atoms. The molecular weight excluding hydrogens is 363 g/mol. The van der Waals surface area contributed by atoms with Gasteiger partial charge in [-0.3, -0.25) is 0 Å². The van der Waals surface area contributed by atoms with Crippen molar-refractivity contribution in [3.8, 4) is 11.5 Å². The van der Waals surface area contributed by atoms with Crippen LogP contribution in [-0.4, -0.2) is 11.9 Å². The molecule has 4 rings (SSSR count). The lowest BCUT2D eigenvalue weighted by Gasteiger charge is -2.12. The number of fused-ring (bicyclic) bond motifs is 1. The highest BCUT2D eigenvalue weighted by atomic mass is 19.1. The van der Waals surface area contributed by atoms with Gasteiger partial charge in [0.05, 0.1) is 17.2 Å². The second-order valence-electron chi connectivity index (χ2n) is 5.85. The first kappa shape index (κ1) is 17.5. The van der Waals surface area contributed by atoms with Crippen LogP contribution in [0.1, 0.15) is 20.9 Å². The third kappa shape index (κ3) is 3.35. The minimum Gasteiger partial charge on any atom is -0.457 e. The standard InChI is InChI=1S/C22H13FO5/c23-16-9-2-1-8-15(16)21(24)27-17-10-3-6-14-7-4-11-18(20(14)17)28-22(25)19-12-5-13-26-19/h1-13H. The van der Waals surface area contributed by atoms with Gasteiger partial charge in [0.15, 0.2) is 0 Å². The monoisotopic (exact) mass is 376 g/mol. The van der Waals surface area contributed by atoms with Crippen molar-refractivity contribution in [1.29, 1.82) is 0 Å². The fourth-order valence-corrected chi connectivity index (χ4v) is 2.77. The van der Waals surface area contributed by atoms with Gasteiger partial charge in [-0.1, -0.05) is 36.4 Å². The van der Waals surface area contributed by atoms with Gasteiger partial charge in [0.2, 0.25) is 5.76 Å².